The lowest BCUT2D eigenvalue weighted by molar-refractivity contribution is -0.385. The number of hydrogen-bond acceptors (Lipinski definition) is 5. The minimum atomic E-state index is -0.598. The van der Waals surface area contributed by atoms with E-state index in [1.54, 1.807) is 38.3 Å². The lowest BCUT2D eigenvalue weighted by Crippen LogP contribution is -2.06. The summed E-state index contributed by atoms with van der Waals surface area (Å²) in [5, 5.41) is 10.9. The molecule has 0 amide bonds. The van der Waals surface area contributed by atoms with E-state index in [2.05, 4.69) is 0 Å². The van der Waals surface area contributed by atoms with Crippen molar-refractivity contribution in [2.75, 3.05) is 7.11 Å². The summed E-state index contributed by atoms with van der Waals surface area (Å²) in [5.74, 6) is 0.114. The van der Waals surface area contributed by atoms with Gasteiger partial charge in [-0.3, -0.25) is 10.1 Å². The zero-order valence-electron chi connectivity index (χ0n) is 12.2. The maximum Gasteiger partial charge on any atom is 0.338 e. The number of aryl methyl sites for hydroxylation is 1. The molecular formula is C16H15NO5. The second-order valence-electron chi connectivity index (χ2n) is 4.68. The van der Waals surface area contributed by atoms with Crippen LogP contribution in [0.4, 0.5) is 5.69 Å². The number of nitro benzene ring substituents is 1. The average molecular weight is 301 g/mol. The summed E-state index contributed by atoms with van der Waals surface area (Å²) in [6.07, 6.45) is 0. The van der Waals surface area contributed by atoms with Gasteiger partial charge in [0, 0.05) is 11.6 Å². The quantitative estimate of drug-likeness (QED) is 0.481. The molecule has 6 heteroatoms. The normalized spacial score (nSPS) is 10.1. The van der Waals surface area contributed by atoms with Crippen molar-refractivity contribution in [3.05, 3.63) is 69.3 Å². The topological polar surface area (TPSA) is 78.7 Å². The SMILES string of the molecule is COc1ccc(COC(=O)c2ccc(C)c([N+](=O)[O-])c2)cc1. The molecular weight excluding hydrogens is 286 g/mol. The van der Waals surface area contributed by atoms with E-state index in [1.807, 2.05) is 0 Å². The Bertz CT molecular complexity index is 694. The molecule has 22 heavy (non-hydrogen) atoms. The summed E-state index contributed by atoms with van der Waals surface area (Å²) in [5.41, 5.74) is 1.36. The van der Waals surface area contributed by atoms with Gasteiger partial charge < -0.3 is 9.47 Å². The van der Waals surface area contributed by atoms with Gasteiger partial charge in [-0.05, 0) is 30.7 Å². The van der Waals surface area contributed by atoms with Crippen molar-refractivity contribution in [2.24, 2.45) is 0 Å². The van der Waals surface area contributed by atoms with Crippen molar-refractivity contribution in [3.8, 4) is 5.75 Å². The van der Waals surface area contributed by atoms with Crippen LogP contribution < -0.4 is 4.74 Å². The number of carbonyl (C=O) groups is 1. The molecule has 2 aromatic carbocycles. The van der Waals surface area contributed by atoms with Crippen molar-refractivity contribution >= 4 is 11.7 Å². The summed E-state index contributed by atoms with van der Waals surface area (Å²) in [4.78, 5) is 22.3. The van der Waals surface area contributed by atoms with Gasteiger partial charge in [0.25, 0.3) is 5.69 Å². The van der Waals surface area contributed by atoms with Gasteiger partial charge in [-0.1, -0.05) is 18.2 Å². The molecule has 0 aliphatic carbocycles. The van der Waals surface area contributed by atoms with E-state index in [-0.39, 0.29) is 17.9 Å². The Balaban J connectivity index is 2.05. The minimum absolute atomic E-state index is 0.0878. The molecule has 0 spiro atoms. The fraction of sp³-hybridized carbons (Fsp3) is 0.188. The van der Waals surface area contributed by atoms with E-state index in [9.17, 15) is 14.9 Å². The van der Waals surface area contributed by atoms with Gasteiger partial charge in [0.15, 0.2) is 0 Å². The van der Waals surface area contributed by atoms with Crippen LogP contribution in [-0.4, -0.2) is 18.0 Å². The van der Waals surface area contributed by atoms with Crippen LogP contribution in [0.1, 0.15) is 21.5 Å². The summed E-state index contributed by atoms with van der Waals surface area (Å²) < 4.78 is 10.2. The van der Waals surface area contributed by atoms with Gasteiger partial charge in [-0.15, -0.1) is 0 Å². The van der Waals surface area contributed by atoms with Gasteiger partial charge in [-0.25, -0.2) is 4.79 Å². The van der Waals surface area contributed by atoms with Crippen LogP contribution in [0.5, 0.6) is 5.75 Å². The van der Waals surface area contributed by atoms with Crippen molar-refractivity contribution in [3.63, 3.8) is 0 Å². The van der Waals surface area contributed by atoms with E-state index < -0.39 is 10.9 Å². The lowest BCUT2D eigenvalue weighted by Gasteiger charge is -2.06. The zero-order valence-corrected chi connectivity index (χ0v) is 12.2. The molecule has 114 valence electrons. The molecule has 0 fully saturated rings. The Labute approximate surface area is 127 Å². The molecule has 0 aliphatic heterocycles. The third-order valence-electron chi connectivity index (χ3n) is 3.17. The third-order valence-corrected chi connectivity index (χ3v) is 3.17. The Kier molecular flexibility index (Phi) is 4.73. The van der Waals surface area contributed by atoms with Crippen LogP contribution in [0.3, 0.4) is 0 Å². The fourth-order valence-electron chi connectivity index (χ4n) is 1.89. The van der Waals surface area contributed by atoms with Crippen LogP contribution >= 0.6 is 0 Å². The highest BCUT2D eigenvalue weighted by molar-refractivity contribution is 5.90. The lowest BCUT2D eigenvalue weighted by atomic mass is 10.1. The molecule has 0 unspecified atom stereocenters. The summed E-state index contributed by atoms with van der Waals surface area (Å²) in [7, 11) is 1.57. The molecule has 0 heterocycles. The Hall–Kier alpha value is -2.89. The molecule has 6 nitrogen and oxygen atoms in total. The molecule has 2 aromatic rings. The molecule has 0 N–H and O–H groups in total. The first-order valence-electron chi connectivity index (χ1n) is 6.56. The predicted molar refractivity (Wildman–Crippen MR) is 79.9 cm³/mol. The number of carbonyl (C=O) groups excluding carboxylic acids is 1. The van der Waals surface area contributed by atoms with Gasteiger partial charge in [0.2, 0.25) is 0 Å². The van der Waals surface area contributed by atoms with E-state index in [0.717, 1.165) is 5.56 Å². The zero-order chi connectivity index (χ0) is 16.1. The first kappa shape index (κ1) is 15.5. The van der Waals surface area contributed by atoms with Crippen molar-refractivity contribution < 1.29 is 19.2 Å². The monoisotopic (exact) mass is 301 g/mol. The van der Waals surface area contributed by atoms with Gasteiger partial charge in [0.1, 0.15) is 12.4 Å². The number of benzene rings is 2. The summed E-state index contributed by atoms with van der Waals surface area (Å²) in [6.45, 7) is 1.70. The highest BCUT2D eigenvalue weighted by atomic mass is 16.6. The second kappa shape index (κ2) is 6.71. The number of nitrogens with zero attached hydrogens (tertiary/aromatic N) is 1. The maximum absolute atomic E-state index is 12.0. The van der Waals surface area contributed by atoms with Gasteiger partial charge >= 0.3 is 5.97 Å². The smallest absolute Gasteiger partial charge is 0.338 e. The largest absolute Gasteiger partial charge is 0.497 e. The number of esters is 1. The van der Waals surface area contributed by atoms with E-state index in [4.69, 9.17) is 9.47 Å². The predicted octanol–water partition coefficient (Wildman–Crippen LogP) is 3.27. The number of hydrogen-bond donors (Lipinski definition) is 0. The van der Waals surface area contributed by atoms with Crippen LogP contribution in [-0.2, 0) is 11.3 Å². The van der Waals surface area contributed by atoms with Crippen molar-refractivity contribution in [2.45, 2.75) is 13.5 Å². The number of rotatable bonds is 5. The third kappa shape index (κ3) is 3.60. The summed E-state index contributed by atoms with van der Waals surface area (Å²) in [6, 6.07) is 11.4. The van der Waals surface area contributed by atoms with Crippen molar-refractivity contribution in [1.29, 1.82) is 0 Å². The number of methoxy groups -OCH3 is 1. The molecule has 0 saturated carbocycles. The fourth-order valence-corrected chi connectivity index (χ4v) is 1.89. The number of nitro groups is 1. The second-order valence-corrected chi connectivity index (χ2v) is 4.68. The standard InChI is InChI=1S/C16H15NO5/c1-11-3-6-13(9-15(11)17(19)20)16(18)22-10-12-4-7-14(21-2)8-5-12/h3-9H,10H2,1-2H3. The maximum atomic E-state index is 12.0. The molecule has 0 radical (unpaired) electrons. The van der Waals surface area contributed by atoms with Crippen molar-refractivity contribution in [1.82, 2.24) is 0 Å². The van der Waals surface area contributed by atoms with Crippen LogP contribution in [0.25, 0.3) is 0 Å². The van der Waals surface area contributed by atoms with Gasteiger partial charge in [-0.2, -0.15) is 0 Å². The molecule has 0 atom stereocenters. The first-order chi connectivity index (χ1) is 10.5. The van der Waals surface area contributed by atoms with Crippen LogP contribution in [0.2, 0.25) is 0 Å². The minimum Gasteiger partial charge on any atom is -0.497 e. The Morgan fingerprint density at radius 1 is 1.18 bits per heavy atom. The Morgan fingerprint density at radius 3 is 2.45 bits per heavy atom. The number of ether oxygens (including phenoxy) is 2. The highest BCUT2D eigenvalue weighted by Gasteiger charge is 2.15. The van der Waals surface area contributed by atoms with E-state index in [0.29, 0.717) is 11.3 Å². The molecule has 0 aliphatic rings. The molecule has 0 saturated heterocycles. The van der Waals surface area contributed by atoms with Gasteiger partial charge in [0.05, 0.1) is 17.6 Å². The van der Waals surface area contributed by atoms with E-state index >= 15 is 0 Å². The average Bonchev–Trinajstić information content (AvgIpc) is 2.53. The molecule has 2 rings (SSSR count). The summed E-state index contributed by atoms with van der Waals surface area (Å²) >= 11 is 0. The highest BCUT2D eigenvalue weighted by Crippen LogP contribution is 2.20. The first-order valence-corrected chi connectivity index (χ1v) is 6.56. The van der Waals surface area contributed by atoms with E-state index in [1.165, 1.54) is 18.2 Å². The van der Waals surface area contributed by atoms with Crippen LogP contribution in [0.15, 0.2) is 42.5 Å². The Morgan fingerprint density at radius 2 is 1.86 bits per heavy atom. The van der Waals surface area contributed by atoms with Crippen LogP contribution in [0, 0.1) is 17.0 Å². The molecule has 0 aromatic heterocycles. The molecule has 0 bridgehead atoms.